The van der Waals surface area contributed by atoms with Gasteiger partial charge < -0.3 is 14.2 Å². The smallest absolute Gasteiger partial charge is 0.399 e. The van der Waals surface area contributed by atoms with Crippen molar-refractivity contribution in [1.82, 2.24) is 4.98 Å². The number of rotatable bonds is 2. The number of aromatic nitrogens is 1. The second-order valence-electron chi connectivity index (χ2n) is 7.07. The molecule has 0 atom stereocenters. The minimum Gasteiger partial charge on any atom is -0.399 e. The van der Waals surface area contributed by atoms with E-state index in [2.05, 4.69) is 43.6 Å². The fraction of sp³-hybridized carbons (Fsp3) is 0.688. The first-order chi connectivity index (χ1) is 9.91. The van der Waals surface area contributed by atoms with Gasteiger partial charge in [-0.1, -0.05) is 0 Å². The third kappa shape index (κ3) is 2.69. The van der Waals surface area contributed by atoms with Gasteiger partial charge in [-0.05, 0) is 53.0 Å². The van der Waals surface area contributed by atoms with E-state index in [-0.39, 0.29) is 18.3 Å². The molecular formula is C16H25BN2O2. The predicted octanol–water partition coefficient (Wildman–Crippen LogP) is 2.37. The fourth-order valence-electron chi connectivity index (χ4n) is 2.97. The van der Waals surface area contributed by atoms with Crippen LogP contribution in [0.4, 0.5) is 5.69 Å². The molecule has 0 amide bonds. The van der Waals surface area contributed by atoms with Crippen molar-refractivity contribution in [2.24, 2.45) is 0 Å². The maximum absolute atomic E-state index is 6.19. The topological polar surface area (TPSA) is 34.6 Å². The molecule has 0 radical (unpaired) electrons. The zero-order valence-corrected chi connectivity index (χ0v) is 13.6. The van der Waals surface area contributed by atoms with Crippen LogP contribution < -0.4 is 10.4 Å². The van der Waals surface area contributed by atoms with E-state index in [9.17, 15) is 0 Å². The summed E-state index contributed by atoms with van der Waals surface area (Å²) in [7, 11) is -0.333. The lowest BCUT2D eigenvalue weighted by Crippen LogP contribution is -2.41. The first-order valence-electron chi connectivity index (χ1n) is 7.95. The maximum Gasteiger partial charge on any atom is 0.498 e. The number of hydrogen-bond donors (Lipinski definition) is 0. The van der Waals surface area contributed by atoms with Crippen LogP contribution in [0.25, 0.3) is 0 Å². The predicted molar refractivity (Wildman–Crippen MR) is 86.0 cm³/mol. The third-order valence-electron chi connectivity index (χ3n) is 5.03. The molecule has 4 nitrogen and oxygen atoms in total. The van der Waals surface area contributed by atoms with Crippen molar-refractivity contribution in [1.29, 1.82) is 0 Å². The van der Waals surface area contributed by atoms with Crippen molar-refractivity contribution >= 4 is 18.3 Å². The molecule has 1 aromatic heterocycles. The largest absolute Gasteiger partial charge is 0.498 e. The van der Waals surface area contributed by atoms with Crippen molar-refractivity contribution in [2.45, 2.75) is 58.2 Å². The minimum atomic E-state index is -0.333. The van der Waals surface area contributed by atoms with Crippen LogP contribution >= 0.6 is 0 Å². The van der Waals surface area contributed by atoms with Gasteiger partial charge in [0.1, 0.15) is 0 Å². The average molecular weight is 288 g/mol. The molecule has 3 heterocycles. The van der Waals surface area contributed by atoms with Crippen LogP contribution in [-0.2, 0) is 9.31 Å². The number of nitrogens with zero attached hydrogens (tertiary/aromatic N) is 2. The Morgan fingerprint density at radius 2 is 1.67 bits per heavy atom. The van der Waals surface area contributed by atoms with Crippen molar-refractivity contribution in [3.8, 4) is 0 Å². The molecule has 0 aliphatic carbocycles. The van der Waals surface area contributed by atoms with E-state index in [4.69, 9.17) is 9.31 Å². The van der Waals surface area contributed by atoms with Gasteiger partial charge >= 0.3 is 7.12 Å². The van der Waals surface area contributed by atoms with Crippen LogP contribution in [0.1, 0.15) is 47.0 Å². The number of hydrogen-bond acceptors (Lipinski definition) is 4. The van der Waals surface area contributed by atoms with Crippen molar-refractivity contribution < 1.29 is 9.31 Å². The van der Waals surface area contributed by atoms with E-state index < -0.39 is 0 Å². The highest BCUT2D eigenvalue weighted by molar-refractivity contribution is 6.63. The van der Waals surface area contributed by atoms with Gasteiger partial charge in [-0.25, -0.2) is 0 Å². The Bertz CT molecular complexity index is 497. The van der Waals surface area contributed by atoms with E-state index >= 15 is 0 Å². The van der Waals surface area contributed by atoms with E-state index in [1.807, 2.05) is 12.4 Å². The molecule has 2 fully saturated rings. The Labute approximate surface area is 128 Å². The molecule has 0 aromatic carbocycles. The summed E-state index contributed by atoms with van der Waals surface area (Å²) in [5, 5.41) is 0. The molecule has 2 aliphatic rings. The van der Waals surface area contributed by atoms with Crippen LogP contribution in [-0.4, -0.2) is 36.4 Å². The summed E-state index contributed by atoms with van der Waals surface area (Å²) in [6.45, 7) is 10.6. The van der Waals surface area contributed by atoms with Crippen LogP contribution in [0.3, 0.4) is 0 Å². The lowest BCUT2D eigenvalue weighted by molar-refractivity contribution is 0.00578. The Kier molecular flexibility index (Phi) is 3.74. The van der Waals surface area contributed by atoms with Gasteiger partial charge in [0.05, 0.1) is 11.2 Å². The standard InChI is InChI=1S/C16H25BN2O2/c1-15(2)16(3,4)21-17(20-15)13-12-18-9-8-14(13)19-10-6-5-7-11-19/h8-9,12H,5-7,10-11H2,1-4H3. The molecule has 114 valence electrons. The molecule has 1 aromatic rings. The zero-order valence-electron chi connectivity index (χ0n) is 13.6. The molecule has 0 bridgehead atoms. The number of piperidine rings is 1. The molecule has 0 unspecified atom stereocenters. The molecule has 2 aliphatic heterocycles. The van der Waals surface area contributed by atoms with E-state index in [1.54, 1.807) is 0 Å². The lowest BCUT2D eigenvalue weighted by Gasteiger charge is -2.32. The monoisotopic (exact) mass is 288 g/mol. The quantitative estimate of drug-likeness (QED) is 0.783. The molecule has 0 saturated carbocycles. The highest BCUT2D eigenvalue weighted by atomic mass is 16.7. The van der Waals surface area contributed by atoms with Gasteiger partial charge in [-0.15, -0.1) is 0 Å². The van der Waals surface area contributed by atoms with Gasteiger partial charge in [0, 0.05) is 36.6 Å². The highest BCUT2D eigenvalue weighted by Gasteiger charge is 2.52. The Morgan fingerprint density at radius 3 is 2.29 bits per heavy atom. The number of pyridine rings is 1. The minimum absolute atomic E-state index is 0.313. The third-order valence-corrected chi connectivity index (χ3v) is 5.03. The summed E-state index contributed by atoms with van der Waals surface area (Å²) in [4.78, 5) is 6.73. The normalized spacial score (nSPS) is 24.4. The van der Waals surface area contributed by atoms with Crippen LogP contribution in [0.5, 0.6) is 0 Å². The first-order valence-corrected chi connectivity index (χ1v) is 7.95. The van der Waals surface area contributed by atoms with E-state index in [1.165, 1.54) is 24.9 Å². The average Bonchev–Trinajstić information content (AvgIpc) is 2.68. The Hall–Kier alpha value is -1.07. The van der Waals surface area contributed by atoms with Gasteiger partial charge in [0.2, 0.25) is 0 Å². The van der Waals surface area contributed by atoms with Crippen molar-refractivity contribution in [2.75, 3.05) is 18.0 Å². The summed E-state index contributed by atoms with van der Waals surface area (Å²) in [6.07, 6.45) is 7.59. The maximum atomic E-state index is 6.19. The van der Waals surface area contributed by atoms with Gasteiger partial charge in [0.15, 0.2) is 0 Å². The zero-order chi connectivity index (χ0) is 15.1. The second kappa shape index (κ2) is 5.29. The molecular weight excluding hydrogens is 263 g/mol. The van der Waals surface area contributed by atoms with Crippen LogP contribution in [0.2, 0.25) is 0 Å². The molecule has 2 saturated heterocycles. The SMILES string of the molecule is CC1(C)OB(c2cnccc2N2CCCCC2)OC1(C)C. The summed E-state index contributed by atoms with van der Waals surface area (Å²) >= 11 is 0. The van der Waals surface area contributed by atoms with Gasteiger partial charge in [-0.2, -0.15) is 0 Å². The molecule has 0 spiro atoms. The Balaban J connectivity index is 1.89. The Morgan fingerprint density at radius 1 is 1.05 bits per heavy atom. The summed E-state index contributed by atoms with van der Waals surface area (Å²) in [6, 6.07) is 2.09. The molecule has 21 heavy (non-hydrogen) atoms. The fourth-order valence-corrected chi connectivity index (χ4v) is 2.97. The van der Waals surface area contributed by atoms with Crippen LogP contribution in [0, 0.1) is 0 Å². The summed E-state index contributed by atoms with van der Waals surface area (Å²) < 4.78 is 12.4. The second-order valence-corrected chi connectivity index (χ2v) is 7.07. The highest BCUT2D eigenvalue weighted by Crippen LogP contribution is 2.37. The summed E-state index contributed by atoms with van der Waals surface area (Å²) in [5.41, 5.74) is 1.64. The summed E-state index contributed by atoms with van der Waals surface area (Å²) in [5.74, 6) is 0. The lowest BCUT2D eigenvalue weighted by atomic mass is 9.78. The van der Waals surface area contributed by atoms with E-state index in [0.717, 1.165) is 18.6 Å². The molecule has 5 heteroatoms. The molecule has 3 rings (SSSR count). The molecule has 0 N–H and O–H groups in total. The van der Waals surface area contributed by atoms with E-state index in [0.29, 0.717) is 0 Å². The van der Waals surface area contributed by atoms with Gasteiger partial charge in [-0.3, -0.25) is 4.98 Å². The van der Waals surface area contributed by atoms with Crippen LogP contribution in [0.15, 0.2) is 18.5 Å². The van der Waals surface area contributed by atoms with Crippen molar-refractivity contribution in [3.05, 3.63) is 18.5 Å². The van der Waals surface area contributed by atoms with Gasteiger partial charge in [0.25, 0.3) is 0 Å². The number of anilines is 1. The van der Waals surface area contributed by atoms with Crippen molar-refractivity contribution in [3.63, 3.8) is 0 Å². The first kappa shape index (κ1) is 14.9.